The van der Waals surface area contributed by atoms with Crippen LogP contribution in [0.1, 0.15) is 50.1 Å². The first-order chi connectivity index (χ1) is 12.0. The molecule has 0 N–H and O–H groups in total. The number of furan rings is 1. The Balaban J connectivity index is 1.85. The number of carbonyl (C=O) groups excluding carboxylic acids is 2. The number of esters is 1. The van der Waals surface area contributed by atoms with Crippen LogP contribution < -0.4 is 0 Å². The Labute approximate surface area is 150 Å². The van der Waals surface area contributed by atoms with Gasteiger partial charge in [-0.1, -0.05) is 23.7 Å². The van der Waals surface area contributed by atoms with E-state index < -0.39 is 5.97 Å². The van der Waals surface area contributed by atoms with Crippen LogP contribution in [0.3, 0.4) is 0 Å². The maximum absolute atomic E-state index is 12.6. The maximum atomic E-state index is 12.6. The molecule has 0 saturated carbocycles. The topological polar surface area (TPSA) is 65.7 Å². The third-order valence-electron chi connectivity index (χ3n) is 4.39. The molecular weight excluding hydrogens is 344 g/mol. The summed E-state index contributed by atoms with van der Waals surface area (Å²) in [6.07, 6.45) is 0.916. The SMILES string of the molecule is COCCOC(=O)c1oc2c(c1C)C(=O)CC(c1cccc(Cl)c1)C2. The Kier molecular flexibility index (Phi) is 5.25. The molecule has 1 aliphatic carbocycles. The first-order valence-electron chi connectivity index (χ1n) is 8.08. The molecule has 6 heteroatoms. The van der Waals surface area contributed by atoms with Gasteiger partial charge in [-0.15, -0.1) is 0 Å². The van der Waals surface area contributed by atoms with E-state index in [9.17, 15) is 9.59 Å². The fraction of sp³-hybridized carbons (Fsp3) is 0.368. The highest BCUT2D eigenvalue weighted by molar-refractivity contribution is 6.30. The standard InChI is InChI=1S/C19H19ClO5/c1-11-17-15(21)9-13(12-4-3-5-14(20)8-12)10-16(17)25-18(11)19(22)24-7-6-23-2/h3-5,8,13H,6-7,9-10H2,1-2H3. The summed E-state index contributed by atoms with van der Waals surface area (Å²) in [6.45, 7) is 2.16. The third-order valence-corrected chi connectivity index (χ3v) is 4.62. The molecule has 2 aromatic rings. The van der Waals surface area contributed by atoms with Crippen molar-refractivity contribution < 1.29 is 23.5 Å². The number of carbonyl (C=O) groups is 2. The third kappa shape index (κ3) is 3.62. The molecule has 3 rings (SSSR count). The van der Waals surface area contributed by atoms with E-state index in [4.69, 9.17) is 25.5 Å². The van der Waals surface area contributed by atoms with Gasteiger partial charge in [0, 0.05) is 30.5 Å². The van der Waals surface area contributed by atoms with Crippen molar-refractivity contribution in [2.45, 2.75) is 25.7 Å². The summed E-state index contributed by atoms with van der Waals surface area (Å²) in [5.74, 6) is 0.0275. The molecule has 0 aliphatic heterocycles. The average molecular weight is 363 g/mol. The van der Waals surface area contributed by atoms with Gasteiger partial charge in [-0.25, -0.2) is 4.79 Å². The molecule has 0 fully saturated rings. The van der Waals surface area contributed by atoms with E-state index in [1.165, 1.54) is 7.11 Å². The average Bonchev–Trinajstić information content (AvgIpc) is 2.92. The van der Waals surface area contributed by atoms with Crippen molar-refractivity contribution in [3.05, 3.63) is 57.5 Å². The molecule has 1 aromatic carbocycles. The van der Waals surface area contributed by atoms with Crippen LogP contribution in [0.15, 0.2) is 28.7 Å². The number of hydrogen-bond donors (Lipinski definition) is 0. The van der Waals surface area contributed by atoms with Gasteiger partial charge in [-0.05, 0) is 30.5 Å². The van der Waals surface area contributed by atoms with Crippen LogP contribution in [0.4, 0.5) is 0 Å². The number of Topliss-reactive ketones (excluding diaryl/α,β-unsaturated/α-hetero) is 1. The van der Waals surface area contributed by atoms with Gasteiger partial charge in [-0.3, -0.25) is 4.79 Å². The van der Waals surface area contributed by atoms with Crippen LogP contribution in [-0.2, 0) is 15.9 Å². The molecule has 0 radical (unpaired) electrons. The number of benzene rings is 1. The first kappa shape index (κ1) is 17.7. The van der Waals surface area contributed by atoms with Gasteiger partial charge in [0.15, 0.2) is 5.78 Å². The monoisotopic (exact) mass is 362 g/mol. The van der Waals surface area contributed by atoms with Gasteiger partial charge in [0.2, 0.25) is 5.76 Å². The van der Waals surface area contributed by atoms with Gasteiger partial charge in [0.25, 0.3) is 0 Å². The fourth-order valence-electron chi connectivity index (χ4n) is 3.18. The molecule has 1 aliphatic rings. The molecule has 132 valence electrons. The Bertz CT molecular complexity index is 808. The van der Waals surface area contributed by atoms with E-state index in [-0.39, 0.29) is 24.1 Å². The van der Waals surface area contributed by atoms with Crippen LogP contribution in [0.5, 0.6) is 0 Å². The van der Waals surface area contributed by atoms with Gasteiger partial charge in [0.05, 0.1) is 12.2 Å². The largest absolute Gasteiger partial charge is 0.457 e. The van der Waals surface area contributed by atoms with Crippen molar-refractivity contribution in [2.75, 3.05) is 20.3 Å². The van der Waals surface area contributed by atoms with Crippen molar-refractivity contribution in [1.82, 2.24) is 0 Å². The molecule has 1 aromatic heterocycles. The summed E-state index contributed by atoms with van der Waals surface area (Å²) in [5, 5.41) is 0.633. The highest BCUT2D eigenvalue weighted by Crippen LogP contribution is 2.37. The quantitative estimate of drug-likeness (QED) is 0.595. The lowest BCUT2D eigenvalue weighted by Crippen LogP contribution is -2.18. The minimum Gasteiger partial charge on any atom is -0.457 e. The number of ketones is 1. The number of hydrogen-bond acceptors (Lipinski definition) is 5. The second-order valence-electron chi connectivity index (χ2n) is 6.07. The van der Waals surface area contributed by atoms with Crippen molar-refractivity contribution in [2.24, 2.45) is 0 Å². The smallest absolute Gasteiger partial charge is 0.374 e. The molecule has 0 amide bonds. The summed E-state index contributed by atoms with van der Waals surface area (Å²) >= 11 is 6.05. The van der Waals surface area contributed by atoms with Crippen molar-refractivity contribution >= 4 is 23.4 Å². The van der Waals surface area contributed by atoms with Crippen LogP contribution in [0, 0.1) is 6.92 Å². The molecule has 0 spiro atoms. The lowest BCUT2D eigenvalue weighted by Gasteiger charge is -2.21. The zero-order valence-electron chi connectivity index (χ0n) is 14.1. The lowest BCUT2D eigenvalue weighted by atomic mass is 9.82. The van der Waals surface area contributed by atoms with E-state index in [2.05, 4.69) is 0 Å². The minimum atomic E-state index is -0.573. The van der Waals surface area contributed by atoms with Gasteiger partial charge < -0.3 is 13.9 Å². The van der Waals surface area contributed by atoms with E-state index in [1.807, 2.05) is 18.2 Å². The normalized spacial score (nSPS) is 16.6. The Morgan fingerprint density at radius 1 is 1.32 bits per heavy atom. The molecule has 1 unspecified atom stereocenters. The van der Waals surface area contributed by atoms with Crippen molar-refractivity contribution in [3.63, 3.8) is 0 Å². The molecular formula is C19H19ClO5. The molecule has 25 heavy (non-hydrogen) atoms. The highest BCUT2D eigenvalue weighted by atomic mass is 35.5. The molecule has 0 bridgehead atoms. The summed E-state index contributed by atoms with van der Waals surface area (Å²) in [7, 11) is 1.53. The molecule has 1 heterocycles. The Hall–Kier alpha value is -2.11. The maximum Gasteiger partial charge on any atom is 0.374 e. The van der Waals surface area contributed by atoms with Crippen LogP contribution in [-0.4, -0.2) is 32.1 Å². The summed E-state index contributed by atoms with van der Waals surface area (Å²) in [6, 6.07) is 7.47. The fourth-order valence-corrected chi connectivity index (χ4v) is 3.38. The lowest BCUT2D eigenvalue weighted by molar-refractivity contribution is 0.0351. The zero-order chi connectivity index (χ0) is 18.0. The zero-order valence-corrected chi connectivity index (χ0v) is 14.9. The number of fused-ring (bicyclic) bond motifs is 1. The van der Waals surface area contributed by atoms with Gasteiger partial charge in [0.1, 0.15) is 12.4 Å². The van der Waals surface area contributed by atoms with E-state index >= 15 is 0 Å². The highest BCUT2D eigenvalue weighted by Gasteiger charge is 2.34. The second kappa shape index (κ2) is 7.42. The number of methoxy groups -OCH3 is 1. The van der Waals surface area contributed by atoms with E-state index in [0.29, 0.717) is 41.4 Å². The van der Waals surface area contributed by atoms with Crippen LogP contribution >= 0.6 is 11.6 Å². The van der Waals surface area contributed by atoms with E-state index in [1.54, 1.807) is 13.0 Å². The van der Waals surface area contributed by atoms with E-state index in [0.717, 1.165) is 5.56 Å². The van der Waals surface area contributed by atoms with Crippen LogP contribution in [0.25, 0.3) is 0 Å². The predicted molar refractivity (Wildman–Crippen MR) is 92.4 cm³/mol. The Morgan fingerprint density at radius 2 is 2.12 bits per heavy atom. The summed E-state index contributed by atoms with van der Waals surface area (Å²) in [4.78, 5) is 24.8. The van der Waals surface area contributed by atoms with Crippen LogP contribution in [0.2, 0.25) is 5.02 Å². The number of rotatable bonds is 5. The second-order valence-corrected chi connectivity index (χ2v) is 6.50. The predicted octanol–water partition coefficient (Wildman–Crippen LogP) is 3.96. The molecule has 0 saturated heterocycles. The number of ether oxygens (including phenoxy) is 2. The van der Waals surface area contributed by atoms with Gasteiger partial charge >= 0.3 is 5.97 Å². The summed E-state index contributed by atoms with van der Waals surface area (Å²) < 4.78 is 15.7. The van der Waals surface area contributed by atoms with Crippen molar-refractivity contribution in [1.29, 1.82) is 0 Å². The summed E-state index contributed by atoms with van der Waals surface area (Å²) in [5.41, 5.74) is 2.05. The Morgan fingerprint density at radius 3 is 2.84 bits per heavy atom. The molecule has 1 atom stereocenters. The number of halogens is 1. The minimum absolute atomic E-state index is 0.0124. The molecule has 5 nitrogen and oxygen atoms in total. The first-order valence-corrected chi connectivity index (χ1v) is 8.46. The van der Waals surface area contributed by atoms with Crippen molar-refractivity contribution in [3.8, 4) is 0 Å². The van der Waals surface area contributed by atoms with Gasteiger partial charge in [-0.2, -0.15) is 0 Å².